The molecule has 1 aliphatic heterocycles. The van der Waals surface area contributed by atoms with Gasteiger partial charge in [-0.1, -0.05) is 30.0 Å². The molecular weight excluding hydrogens is 334 g/mol. The van der Waals surface area contributed by atoms with Gasteiger partial charge in [0.15, 0.2) is 11.0 Å². The highest BCUT2D eigenvalue weighted by Gasteiger charge is 2.20. The zero-order valence-corrected chi connectivity index (χ0v) is 15.1. The number of fused-ring (bicyclic) bond motifs is 1. The molecule has 7 heteroatoms. The van der Waals surface area contributed by atoms with Gasteiger partial charge in [-0.05, 0) is 25.8 Å². The van der Waals surface area contributed by atoms with Crippen LogP contribution in [0.3, 0.4) is 0 Å². The molecule has 1 aliphatic rings. The van der Waals surface area contributed by atoms with Crippen molar-refractivity contribution >= 4 is 28.6 Å². The van der Waals surface area contributed by atoms with E-state index in [1.807, 2.05) is 23.2 Å². The van der Waals surface area contributed by atoms with E-state index in [0.29, 0.717) is 5.75 Å². The minimum absolute atomic E-state index is 0.196. The van der Waals surface area contributed by atoms with Crippen LogP contribution in [0.4, 0.5) is 0 Å². The first-order valence-corrected chi connectivity index (χ1v) is 9.66. The molecule has 25 heavy (non-hydrogen) atoms. The van der Waals surface area contributed by atoms with Gasteiger partial charge in [0.25, 0.3) is 0 Å². The molecule has 1 saturated heterocycles. The van der Waals surface area contributed by atoms with Gasteiger partial charge < -0.3 is 14.5 Å². The van der Waals surface area contributed by atoms with Gasteiger partial charge in [-0.3, -0.25) is 4.79 Å². The Hall–Kier alpha value is -2.28. The number of amides is 1. The van der Waals surface area contributed by atoms with Crippen LogP contribution in [0.1, 0.15) is 19.8 Å². The molecule has 0 atom stereocenters. The van der Waals surface area contributed by atoms with E-state index in [4.69, 9.17) is 0 Å². The minimum atomic E-state index is 0.196. The first-order chi connectivity index (χ1) is 12.3. The number of carbonyl (C=O) groups excluding carboxylic acids is 1. The number of carbonyl (C=O) groups is 1. The van der Waals surface area contributed by atoms with E-state index in [0.717, 1.165) is 59.9 Å². The number of para-hydroxylation sites is 1. The normalized spacial score (nSPS) is 14.5. The maximum Gasteiger partial charge on any atom is 0.233 e. The van der Waals surface area contributed by atoms with E-state index in [1.165, 1.54) is 11.8 Å². The second-order valence-electron chi connectivity index (χ2n) is 6.17. The molecule has 1 aromatic carbocycles. The van der Waals surface area contributed by atoms with Gasteiger partial charge in [0, 0.05) is 42.3 Å². The fourth-order valence-corrected chi connectivity index (χ4v) is 4.23. The Morgan fingerprint density at radius 3 is 2.84 bits per heavy atom. The number of likely N-dealkylation sites (tertiary alicyclic amines) is 1. The van der Waals surface area contributed by atoms with Crippen LogP contribution in [-0.2, 0) is 11.3 Å². The molecule has 3 heterocycles. The fraction of sp³-hybridized carbons (Fsp3) is 0.389. The predicted molar refractivity (Wildman–Crippen MR) is 99.5 cm³/mol. The number of H-pyrrole nitrogens is 1. The lowest BCUT2D eigenvalue weighted by Gasteiger charge is -2.14. The van der Waals surface area contributed by atoms with Gasteiger partial charge in [0.05, 0.1) is 5.75 Å². The van der Waals surface area contributed by atoms with Crippen molar-refractivity contribution in [3.05, 3.63) is 30.5 Å². The summed E-state index contributed by atoms with van der Waals surface area (Å²) in [6, 6.07) is 8.17. The highest BCUT2D eigenvalue weighted by atomic mass is 32.2. The molecule has 0 saturated carbocycles. The first-order valence-electron chi connectivity index (χ1n) is 8.68. The van der Waals surface area contributed by atoms with Crippen LogP contribution in [0.2, 0.25) is 0 Å². The summed E-state index contributed by atoms with van der Waals surface area (Å²) in [4.78, 5) is 17.5. The molecule has 0 unspecified atom stereocenters. The van der Waals surface area contributed by atoms with Crippen molar-refractivity contribution in [1.29, 1.82) is 0 Å². The largest absolute Gasteiger partial charge is 0.360 e. The molecule has 1 amide bonds. The standard InChI is InChI=1S/C18H21N5OS/c1-2-23-17(14-11-19-15-8-4-3-7-13(14)15)20-21-18(23)25-12-16(24)22-9-5-6-10-22/h3-4,7-8,11,19H,2,5-6,9-10,12H2,1H3. The maximum absolute atomic E-state index is 12.3. The van der Waals surface area contributed by atoms with Gasteiger partial charge in [0.2, 0.25) is 5.91 Å². The van der Waals surface area contributed by atoms with Crippen LogP contribution in [0, 0.1) is 0 Å². The SMILES string of the molecule is CCn1c(SCC(=O)N2CCCC2)nnc1-c1c[nH]c2ccccc12. The Kier molecular flexibility index (Phi) is 4.48. The van der Waals surface area contributed by atoms with Gasteiger partial charge >= 0.3 is 0 Å². The van der Waals surface area contributed by atoms with Crippen molar-refractivity contribution in [3.8, 4) is 11.4 Å². The topological polar surface area (TPSA) is 66.8 Å². The van der Waals surface area contributed by atoms with Crippen molar-refractivity contribution in [3.63, 3.8) is 0 Å². The third kappa shape index (κ3) is 3.04. The van der Waals surface area contributed by atoms with Crippen molar-refractivity contribution in [1.82, 2.24) is 24.6 Å². The number of thioether (sulfide) groups is 1. The molecule has 2 aromatic heterocycles. The fourth-order valence-electron chi connectivity index (χ4n) is 3.32. The Labute approximate surface area is 150 Å². The van der Waals surface area contributed by atoms with E-state index in [9.17, 15) is 4.79 Å². The predicted octanol–water partition coefficient (Wildman–Crippen LogP) is 3.16. The quantitative estimate of drug-likeness (QED) is 0.714. The summed E-state index contributed by atoms with van der Waals surface area (Å²) in [6.07, 6.45) is 4.21. The lowest BCUT2D eigenvalue weighted by atomic mass is 10.1. The van der Waals surface area contributed by atoms with Crippen molar-refractivity contribution in [2.24, 2.45) is 0 Å². The summed E-state index contributed by atoms with van der Waals surface area (Å²) in [6.45, 7) is 4.62. The monoisotopic (exact) mass is 355 g/mol. The van der Waals surface area contributed by atoms with Gasteiger partial charge in [-0.2, -0.15) is 0 Å². The van der Waals surface area contributed by atoms with E-state index < -0.39 is 0 Å². The Morgan fingerprint density at radius 2 is 2.04 bits per heavy atom. The highest BCUT2D eigenvalue weighted by Crippen LogP contribution is 2.30. The Balaban J connectivity index is 1.58. The third-order valence-corrected chi connectivity index (χ3v) is 5.60. The third-order valence-electron chi connectivity index (χ3n) is 4.65. The lowest BCUT2D eigenvalue weighted by molar-refractivity contribution is -0.127. The van der Waals surface area contributed by atoms with Gasteiger partial charge in [0.1, 0.15) is 0 Å². The molecule has 6 nitrogen and oxygen atoms in total. The van der Waals surface area contributed by atoms with E-state index in [-0.39, 0.29) is 5.91 Å². The van der Waals surface area contributed by atoms with Crippen LogP contribution in [0.5, 0.6) is 0 Å². The van der Waals surface area contributed by atoms with Crippen molar-refractivity contribution in [2.45, 2.75) is 31.5 Å². The number of nitrogens with zero attached hydrogens (tertiary/aromatic N) is 4. The Morgan fingerprint density at radius 1 is 1.24 bits per heavy atom. The van der Waals surface area contributed by atoms with Crippen LogP contribution in [0.15, 0.2) is 35.6 Å². The van der Waals surface area contributed by atoms with Gasteiger partial charge in [-0.25, -0.2) is 0 Å². The van der Waals surface area contributed by atoms with E-state index in [2.05, 4.69) is 38.8 Å². The number of hydrogen-bond acceptors (Lipinski definition) is 4. The van der Waals surface area contributed by atoms with Crippen LogP contribution in [0.25, 0.3) is 22.3 Å². The summed E-state index contributed by atoms with van der Waals surface area (Å²) in [7, 11) is 0. The average molecular weight is 355 g/mol. The minimum Gasteiger partial charge on any atom is -0.360 e. The summed E-state index contributed by atoms with van der Waals surface area (Å²) in [5.41, 5.74) is 2.13. The van der Waals surface area contributed by atoms with Gasteiger partial charge in [-0.15, -0.1) is 10.2 Å². The summed E-state index contributed by atoms with van der Waals surface area (Å²) < 4.78 is 2.08. The van der Waals surface area contributed by atoms with Crippen LogP contribution < -0.4 is 0 Å². The molecule has 0 radical (unpaired) electrons. The number of hydrogen-bond donors (Lipinski definition) is 1. The molecule has 130 valence electrons. The smallest absolute Gasteiger partial charge is 0.233 e. The van der Waals surface area contributed by atoms with E-state index >= 15 is 0 Å². The second-order valence-corrected chi connectivity index (χ2v) is 7.12. The first kappa shape index (κ1) is 16.2. The second kappa shape index (κ2) is 6.92. The number of rotatable bonds is 5. The zero-order valence-electron chi connectivity index (χ0n) is 14.2. The molecule has 1 N–H and O–H groups in total. The number of aromatic nitrogens is 4. The van der Waals surface area contributed by atoms with E-state index in [1.54, 1.807) is 0 Å². The molecule has 0 aliphatic carbocycles. The number of nitrogens with one attached hydrogen (secondary N) is 1. The summed E-state index contributed by atoms with van der Waals surface area (Å²) in [5, 5.41) is 10.7. The Bertz CT molecular complexity index is 894. The average Bonchev–Trinajstić information content (AvgIpc) is 3.37. The van der Waals surface area contributed by atoms with Crippen LogP contribution in [-0.4, -0.2) is 49.4 Å². The van der Waals surface area contributed by atoms with Crippen LogP contribution >= 0.6 is 11.8 Å². The molecule has 0 bridgehead atoms. The van der Waals surface area contributed by atoms with Crippen molar-refractivity contribution in [2.75, 3.05) is 18.8 Å². The zero-order chi connectivity index (χ0) is 17.2. The van der Waals surface area contributed by atoms with Crippen molar-refractivity contribution < 1.29 is 4.79 Å². The summed E-state index contributed by atoms with van der Waals surface area (Å²) in [5.74, 6) is 1.46. The summed E-state index contributed by atoms with van der Waals surface area (Å²) >= 11 is 1.48. The molecule has 4 rings (SSSR count). The highest BCUT2D eigenvalue weighted by molar-refractivity contribution is 7.99. The molecular formula is C18H21N5OS. The molecule has 0 spiro atoms. The maximum atomic E-state index is 12.3. The number of benzene rings is 1. The molecule has 3 aromatic rings. The number of aromatic amines is 1. The lowest BCUT2D eigenvalue weighted by Crippen LogP contribution is -2.29. The molecule has 1 fully saturated rings.